The van der Waals surface area contributed by atoms with Crippen LogP contribution in [0.4, 0.5) is 4.39 Å². The van der Waals surface area contributed by atoms with Crippen molar-refractivity contribution in [3.63, 3.8) is 0 Å². The minimum Gasteiger partial charge on any atom is -0.493 e. The maximum absolute atomic E-state index is 13.6. The zero-order chi connectivity index (χ0) is 21.3. The Morgan fingerprint density at radius 1 is 1.30 bits per heavy atom. The number of methoxy groups -OCH3 is 1. The average Bonchev–Trinajstić information content (AvgIpc) is 3.25. The summed E-state index contributed by atoms with van der Waals surface area (Å²) in [5.41, 5.74) is 1.32. The van der Waals surface area contributed by atoms with Crippen LogP contribution in [0.5, 0.6) is 11.5 Å². The highest BCUT2D eigenvalue weighted by Crippen LogP contribution is 2.27. The summed E-state index contributed by atoms with van der Waals surface area (Å²) in [4.78, 5) is 13.0. The number of hydrogen-bond acceptors (Lipinski definition) is 6. The summed E-state index contributed by atoms with van der Waals surface area (Å²) in [6.45, 7) is 2.32. The first-order chi connectivity index (χ1) is 14.6. The number of carbonyl (C=O) groups is 1. The summed E-state index contributed by atoms with van der Waals surface area (Å²) in [7, 11) is 1.50. The van der Waals surface area contributed by atoms with Crippen molar-refractivity contribution in [3.05, 3.63) is 59.4 Å². The molecule has 1 N–H and O–H groups in total. The normalized spacial score (nSPS) is 17.1. The number of aliphatic hydroxyl groups is 1. The molecule has 2 aromatic rings. The number of benzene rings is 2. The van der Waals surface area contributed by atoms with E-state index in [1.54, 1.807) is 24.3 Å². The van der Waals surface area contributed by atoms with Gasteiger partial charge in [0.25, 0.3) is 0 Å². The number of rotatable bonds is 11. The van der Waals surface area contributed by atoms with Gasteiger partial charge in [-0.25, -0.2) is 4.39 Å². The van der Waals surface area contributed by atoms with Crippen LogP contribution in [0.25, 0.3) is 0 Å². The maximum atomic E-state index is 13.6. The number of carbonyl (C=O) groups excluding carboxylic acids is 1. The highest BCUT2D eigenvalue weighted by molar-refractivity contribution is 5.76. The second kappa shape index (κ2) is 11.1. The van der Waals surface area contributed by atoms with E-state index >= 15 is 0 Å². The Kier molecular flexibility index (Phi) is 8.19. The lowest BCUT2D eigenvalue weighted by Gasteiger charge is -2.27. The molecule has 162 valence electrons. The van der Waals surface area contributed by atoms with Gasteiger partial charge in [-0.2, -0.15) is 0 Å². The number of halogens is 1. The highest BCUT2D eigenvalue weighted by atomic mass is 19.1. The summed E-state index contributed by atoms with van der Waals surface area (Å²) in [5, 5.41) is 10.6. The van der Waals surface area contributed by atoms with Gasteiger partial charge in [-0.3, -0.25) is 9.69 Å². The van der Waals surface area contributed by atoms with Crippen LogP contribution in [0.15, 0.2) is 42.5 Å². The van der Waals surface area contributed by atoms with E-state index in [0.29, 0.717) is 36.7 Å². The lowest BCUT2D eigenvalue weighted by Crippen LogP contribution is -2.39. The van der Waals surface area contributed by atoms with Gasteiger partial charge in [0.2, 0.25) is 0 Å². The van der Waals surface area contributed by atoms with Crippen LogP contribution >= 0.6 is 0 Å². The van der Waals surface area contributed by atoms with E-state index in [1.165, 1.54) is 19.2 Å². The fourth-order valence-electron chi connectivity index (χ4n) is 3.59. The van der Waals surface area contributed by atoms with Crippen molar-refractivity contribution in [2.45, 2.75) is 31.6 Å². The molecule has 6 nitrogen and oxygen atoms in total. The molecule has 1 aliphatic heterocycles. The molecule has 30 heavy (non-hydrogen) atoms. The van der Waals surface area contributed by atoms with Crippen LogP contribution < -0.4 is 9.47 Å². The molecule has 0 amide bonds. The minimum atomic E-state index is -0.768. The van der Waals surface area contributed by atoms with Crippen LogP contribution in [0.2, 0.25) is 0 Å². The Morgan fingerprint density at radius 2 is 2.17 bits per heavy atom. The molecule has 0 bridgehead atoms. The van der Waals surface area contributed by atoms with E-state index in [9.17, 15) is 14.3 Å². The second-order valence-corrected chi connectivity index (χ2v) is 7.45. The van der Waals surface area contributed by atoms with E-state index < -0.39 is 6.10 Å². The molecule has 1 heterocycles. The molecule has 0 saturated carbocycles. The van der Waals surface area contributed by atoms with Gasteiger partial charge >= 0.3 is 0 Å². The molecule has 2 aromatic carbocycles. The van der Waals surface area contributed by atoms with Gasteiger partial charge in [0, 0.05) is 31.8 Å². The van der Waals surface area contributed by atoms with Crippen molar-refractivity contribution in [2.24, 2.45) is 0 Å². The molecule has 2 unspecified atom stereocenters. The van der Waals surface area contributed by atoms with E-state index in [1.807, 2.05) is 6.07 Å². The molecule has 3 rings (SSSR count). The Bertz CT molecular complexity index is 825. The number of hydrogen-bond donors (Lipinski definition) is 1. The van der Waals surface area contributed by atoms with Gasteiger partial charge in [-0.05, 0) is 48.7 Å². The minimum absolute atomic E-state index is 0.0575. The van der Waals surface area contributed by atoms with Crippen molar-refractivity contribution in [2.75, 3.05) is 33.4 Å². The van der Waals surface area contributed by atoms with Gasteiger partial charge in [0.1, 0.15) is 24.8 Å². The molecule has 0 radical (unpaired) electrons. The van der Waals surface area contributed by atoms with Crippen molar-refractivity contribution in [1.29, 1.82) is 0 Å². The molecule has 7 heteroatoms. The van der Waals surface area contributed by atoms with Crippen LogP contribution in [0.3, 0.4) is 0 Å². The van der Waals surface area contributed by atoms with Crippen molar-refractivity contribution in [1.82, 2.24) is 4.90 Å². The lowest BCUT2D eigenvalue weighted by molar-refractivity contribution is 0.0310. The van der Waals surface area contributed by atoms with Gasteiger partial charge in [-0.1, -0.05) is 12.1 Å². The summed E-state index contributed by atoms with van der Waals surface area (Å²) >= 11 is 0. The maximum Gasteiger partial charge on any atom is 0.161 e. The van der Waals surface area contributed by atoms with E-state index in [0.717, 1.165) is 31.3 Å². The third kappa shape index (κ3) is 6.52. The van der Waals surface area contributed by atoms with Crippen LogP contribution in [0.1, 0.15) is 28.8 Å². The predicted molar refractivity (Wildman–Crippen MR) is 111 cm³/mol. The summed E-state index contributed by atoms with van der Waals surface area (Å²) in [6.07, 6.45) is 2.09. The van der Waals surface area contributed by atoms with Crippen LogP contribution in [-0.4, -0.2) is 61.9 Å². The first-order valence-corrected chi connectivity index (χ1v) is 10.1. The predicted octanol–water partition coefficient (Wildman–Crippen LogP) is 3.07. The number of nitrogens with zero attached hydrogens (tertiary/aromatic N) is 1. The van der Waals surface area contributed by atoms with Gasteiger partial charge in [0.15, 0.2) is 11.5 Å². The molecular formula is C23H28FNO5. The SMILES string of the molecule is COc1cc(C=O)ccc1OCC(O)CN(Cc1cccc(F)c1)CC1CCCO1. The quantitative estimate of drug-likeness (QED) is 0.567. The topological polar surface area (TPSA) is 68.2 Å². The smallest absolute Gasteiger partial charge is 0.161 e. The Labute approximate surface area is 176 Å². The zero-order valence-corrected chi connectivity index (χ0v) is 17.1. The molecule has 1 fully saturated rings. The largest absolute Gasteiger partial charge is 0.493 e. The standard InChI is InChI=1S/C23H28FNO5/c1-28-23-11-18(15-26)7-8-22(23)30-16-20(27)13-25(14-21-6-3-9-29-21)12-17-4-2-5-19(24)10-17/h2,4-5,7-8,10-11,15,20-21,27H,3,6,9,12-14,16H2,1H3. The van der Waals surface area contributed by atoms with Gasteiger partial charge < -0.3 is 19.3 Å². The Balaban J connectivity index is 1.60. The zero-order valence-electron chi connectivity index (χ0n) is 17.1. The van der Waals surface area contributed by atoms with Crippen LogP contribution in [-0.2, 0) is 11.3 Å². The molecule has 2 atom stereocenters. The van der Waals surface area contributed by atoms with Crippen molar-refractivity contribution < 1.29 is 28.5 Å². The molecule has 1 saturated heterocycles. The molecule has 1 aliphatic rings. The lowest BCUT2D eigenvalue weighted by atomic mass is 10.1. The van der Waals surface area contributed by atoms with Gasteiger partial charge in [0.05, 0.1) is 13.2 Å². The molecule has 0 aromatic heterocycles. The Hall–Kier alpha value is -2.48. The summed E-state index contributed by atoms with van der Waals surface area (Å²) in [5.74, 6) is 0.611. The molecule has 0 aliphatic carbocycles. The monoisotopic (exact) mass is 417 g/mol. The number of aldehydes is 1. The van der Waals surface area contributed by atoms with Gasteiger partial charge in [-0.15, -0.1) is 0 Å². The van der Waals surface area contributed by atoms with Crippen molar-refractivity contribution in [3.8, 4) is 11.5 Å². The summed E-state index contributed by atoms with van der Waals surface area (Å²) < 4.78 is 30.3. The molecular weight excluding hydrogens is 389 g/mol. The Morgan fingerprint density at radius 3 is 2.87 bits per heavy atom. The van der Waals surface area contributed by atoms with E-state index in [4.69, 9.17) is 14.2 Å². The van der Waals surface area contributed by atoms with E-state index in [2.05, 4.69) is 4.90 Å². The third-order valence-corrected chi connectivity index (χ3v) is 5.00. The molecule has 0 spiro atoms. The van der Waals surface area contributed by atoms with E-state index in [-0.39, 0.29) is 18.5 Å². The first kappa shape index (κ1) is 22.2. The number of ether oxygens (including phenoxy) is 3. The summed E-state index contributed by atoms with van der Waals surface area (Å²) in [6, 6.07) is 11.3. The highest BCUT2D eigenvalue weighted by Gasteiger charge is 2.22. The third-order valence-electron chi connectivity index (χ3n) is 5.00. The van der Waals surface area contributed by atoms with Crippen LogP contribution in [0, 0.1) is 5.82 Å². The average molecular weight is 417 g/mol. The van der Waals surface area contributed by atoms with Crippen molar-refractivity contribution >= 4 is 6.29 Å². The fourth-order valence-corrected chi connectivity index (χ4v) is 3.59. The first-order valence-electron chi connectivity index (χ1n) is 10.1. The second-order valence-electron chi connectivity index (χ2n) is 7.45. The number of aliphatic hydroxyl groups excluding tert-OH is 1. The fraction of sp³-hybridized carbons (Fsp3) is 0.435.